The van der Waals surface area contributed by atoms with Gasteiger partial charge in [0.15, 0.2) is 12.4 Å². The van der Waals surface area contributed by atoms with Gasteiger partial charge in [0.05, 0.1) is 10.1 Å². The standard InChI is InChI=1S/C6H8N.C4H10O3S/c1-7-5-3-2-4-6-7;1-2-3-4-8(5,6)7/h2-6H,1H3;2-4H2,1H3,(H,5,6,7)/q+1;/p-1. The molecule has 1 aromatic rings. The Bertz CT molecular complexity index is 348. The molecule has 0 unspecified atom stereocenters. The average Bonchev–Trinajstić information content (AvgIpc) is 2.16. The SMILES string of the molecule is CCCCS(=O)(=O)[O-].C[n+]1ccccc1. The molecule has 0 fully saturated rings. The van der Waals surface area contributed by atoms with Gasteiger partial charge in [-0.25, -0.2) is 13.0 Å². The van der Waals surface area contributed by atoms with Crippen molar-refractivity contribution < 1.29 is 17.5 Å². The maximum atomic E-state index is 9.83. The third kappa shape index (κ3) is 11.0. The van der Waals surface area contributed by atoms with E-state index in [2.05, 4.69) is 0 Å². The van der Waals surface area contributed by atoms with Crippen LogP contribution in [0.25, 0.3) is 0 Å². The first-order chi connectivity index (χ1) is 6.95. The summed E-state index contributed by atoms with van der Waals surface area (Å²) >= 11 is 0. The lowest BCUT2D eigenvalue weighted by Gasteiger charge is -2.02. The number of pyridine rings is 1. The van der Waals surface area contributed by atoms with Gasteiger partial charge in [0.2, 0.25) is 0 Å². The van der Waals surface area contributed by atoms with Gasteiger partial charge in [-0.3, -0.25) is 0 Å². The molecule has 0 saturated carbocycles. The van der Waals surface area contributed by atoms with Gasteiger partial charge in [-0.15, -0.1) is 0 Å². The Labute approximate surface area is 91.3 Å². The van der Waals surface area contributed by atoms with Crippen molar-refractivity contribution in [3.05, 3.63) is 30.6 Å². The van der Waals surface area contributed by atoms with Crippen LogP contribution in [0.3, 0.4) is 0 Å². The summed E-state index contributed by atoms with van der Waals surface area (Å²) in [6, 6.07) is 6.00. The molecule has 0 aromatic carbocycles. The zero-order valence-electron chi connectivity index (χ0n) is 9.09. The molecule has 15 heavy (non-hydrogen) atoms. The molecule has 4 nitrogen and oxygen atoms in total. The van der Waals surface area contributed by atoms with E-state index in [1.165, 1.54) is 0 Å². The van der Waals surface area contributed by atoms with Gasteiger partial charge in [-0.05, 0) is 6.42 Å². The Balaban J connectivity index is 0.000000262. The summed E-state index contributed by atoms with van der Waals surface area (Å²) in [5.41, 5.74) is 0. The first kappa shape index (κ1) is 14.1. The molecule has 0 bridgehead atoms. The highest BCUT2D eigenvalue weighted by molar-refractivity contribution is 7.85. The van der Waals surface area contributed by atoms with Gasteiger partial charge in [0.25, 0.3) is 0 Å². The number of hydrogen-bond acceptors (Lipinski definition) is 3. The minimum Gasteiger partial charge on any atom is -0.748 e. The predicted octanol–water partition coefficient (Wildman–Crippen LogP) is 0.843. The van der Waals surface area contributed by atoms with Crippen LogP contribution in [0.2, 0.25) is 0 Å². The van der Waals surface area contributed by atoms with E-state index < -0.39 is 10.1 Å². The summed E-state index contributed by atoms with van der Waals surface area (Å²) in [5, 5.41) is 0. The highest BCUT2D eigenvalue weighted by atomic mass is 32.2. The number of nitrogens with zero attached hydrogens (tertiary/aromatic N) is 1. The molecule has 0 aliphatic heterocycles. The zero-order valence-corrected chi connectivity index (χ0v) is 9.90. The van der Waals surface area contributed by atoms with Crippen LogP contribution in [-0.4, -0.2) is 18.7 Å². The molecule has 0 N–H and O–H groups in total. The fraction of sp³-hybridized carbons (Fsp3) is 0.500. The normalized spacial score (nSPS) is 10.3. The molecule has 1 aromatic heterocycles. The van der Waals surface area contributed by atoms with E-state index in [1.54, 1.807) is 0 Å². The van der Waals surface area contributed by atoms with E-state index in [0.29, 0.717) is 6.42 Å². The summed E-state index contributed by atoms with van der Waals surface area (Å²) < 4.78 is 31.5. The van der Waals surface area contributed by atoms with Crippen LogP contribution in [0.5, 0.6) is 0 Å². The van der Waals surface area contributed by atoms with E-state index in [-0.39, 0.29) is 5.75 Å². The van der Waals surface area contributed by atoms with Gasteiger partial charge in [-0.1, -0.05) is 19.4 Å². The van der Waals surface area contributed by atoms with Crippen LogP contribution in [0.4, 0.5) is 0 Å². The molecule has 0 aliphatic rings. The Hall–Kier alpha value is -0.940. The fourth-order valence-electron chi connectivity index (χ4n) is 0.806. The van der Waals surface area contributed by atoms with Crippen molar-refractivity contribution >= 4 is 10.1 Å². The van der Waals surface area contributed by atoms with Crippen LogP contribution < -0.4 is 4.57 Å². The van der Waals surface area contributed by atoms with Crippen molar-refractivity contribution in [2.24, 2.45) is 7.05 Å². The number of aromatic nitrogens is 1. The van der Waals surface area contributed by atoms with Crippen molar-refractivity contribution in [2.45, 2.75) is 19.8 Å². The Kier molecular flexibility index (Phi) is 6.90. The van der Waals surface area contributed by atoms with Crippen LogP contribution >= 0.6 is 0 Å². The number of aryl methyl sites for hydroxylation is 1. The summed E-state index contributed by atoms with van der Waals surface area (Å²) in [5.74, 6) is -0.219. The zero-order chi connectivity index (χ0) is 11.7. The molecular weight excluding hydrogens is 214 g/mol. The lowest BCUT2D eigenvalue weighted by atomic mass is 10.4. The molecule has 5 heteroatoms. The van der Waals surface area contributed by atoms with E-state index in [1.807, 2.05) is 49.1 Å². The van der Waals surface area contributed by atoms with Gasteiger partial charge in [-0.2, -0.15) is 0 Å². The lowest BCUT2D eigenvalue weighted by Crippen LogP contribution is -2.25. The van der Waals surface area contributed by atoms with Crippen molar-refractivity contribution in [2.75, 3.05) is 5.75 Å². The Morgan fingerprint density at radius 2 is 1.73 bits per heavy atom. The molecule has 0 atom stereocenters. The second kappa shape index (κ2) is 7.36. The molecule has 0 spiro atoms. The van der Waals surface area contributed by atoms with Gasteiger partial charge in [0, 0.05) is 17.9 Å². The fourth-order valence-corrected chi connectivity index (χ4v) is 1.45. The average molecular weight is 231 g/mol. The molecule has 1 rings (SSSR count). The predicted molar refractivity (Wildman–Crippen MR) is 57.1 cm³/mol. The third-order valence-corrected chi connectivity index (χ3v) is 2.40. The second-order valence-corrected chi connectivity index (χ2v) is 4.68. The Morgan fingerprint density at radius 1 is 1.20 bits per heavy atom. The van der Waals surface area contributed by atoms with Crippen molar-refractivity contribution in [1.82, 2.24) is 0 Å². The van der Waals surface area contributed by atoms with Crippen molar-refractivity contribution in [1.29, 1.82) is 0 Å². The van der Waals surface area contributed by atoms with E-state index in [0.717, 1.165) is 6.42 Å². The summed E-state index contributed by atoms with van der Waals surface area (Å²) in [6.45, 7) is 1.84. The minimum absolute atomic E-state index is 0.219. The topological polar surface area (TPSA) is 61.1 Å². The van der Waals surface area contributed by atoms with Crippen molar-refractivity contribution in [3.8, 4) is 0 Å². The molecule has 0 aliphatic carbocycles. The quantitative estimate of drug-likeness (QED) is 0.572. The minimum atomic E-state index is -3.94. The highest BCUT2D eigenvalue weighted by Crippen LogP contribution is 1.90. The number of hydrogen-bond donors (Lipinski definition) is 0. The first-order valence-electron chi connectivity index (χ1n) is 4.79. The number of rotatable bonds is 3. The lowest BCUT2D eigenvalue weighted by molar-refractivity contribution is -0.671. The van der Waals surface area contributed by atoms with Crippen LogP contribution in [0.15, 0.2) is 30.6 Å². The van der Waals surface area contributed by atoms with E-state index in [9.17, 15) is 13.0 Å². The molecule has 86 valence electrons. The monoisotopic (exact) mass is 231 g/mol. The molecule has 0 radical (unpaired) electrons. The molecular formula is C10H17NO3S. The van der Waals surface area contributed by atoms with Crippen LogP contribution in [0.1, 0.15) is 19.8 Å². The molecule has 1 heterocycles. The first-order valence-corrected chi connectivity index (χ1v) is 6.37. The molecule has 0 amide bonds. The van der Waals surface area contributed by atoms with Gasteiger partial charge in [0.1, 0.15) is 7.05 Å². The van der Waals surface area contributed by atoms with Gasteiger partial charge >= 0.3 is 0 Å². The van der Waals surface area contributed by atoms with Crippen molar-refractivity contribution in [3.63, 3.8) is 0 Å². The number of unbranched alkanes of at least 4 members (excludes halogenated alkanes) is 1. The third-order valence-electron chi connectivity index (χ3n) is 1.61. The largest absolute Gasteiger partial charge is 0.748 e. The van der Waals surface area contributed by atoms with Gasteiger partial charge < -0.3 is 4.55 Å². The smallest absolute Gasteiger partial charge is 0.168 e. The highest BCUT2D eigenvalue weighted by Gasteiger charge is 1.90. The maximum Gasteiger partial charge on any atom is 0.168 e. The van der Waals surface area contributed by atoms with E-state index >= 15 is 0 Å². The Morgan fingerprint density at radius 3 is 1.93 bits per heavy atom. The summed E-state index contributed by atoms with van der Waals surface area (Å²) in [7, 11) is -1.94. The summed E-state index contributed by atoms with van der Waals surface area (Å²) in [4.78, 5) is 0. The second-order valence-electron chi connectivity index (χ2n) is 3.16. The van der Waals surface area contributed by atoms with E-state index in [4.69, 9.17) is 0 Å². The maximum absolute atomic E-state index is 9.83. The van der Waals surface area contributed by atoms with Crippen LogP contribution in [0, 0.1) is 0 Å². The summed E-state index contributed by atoms with van der Waals surface area (Å²) in [6.07, 6.45) is 5.23. The molecule has 0 saturated heterocycles. The van der Waals surface area contributed by atoms with Crippen LogP contribution in [-0.2, 0) is 17.2 Å².